The molecule has 0 aromatic carbocycles. The van der Waals surface area contributed by atoms with E-state index in [4.69, 9.17) is 10.2 Å². The molecule has 1 rings (SSSR count). The van der Waals surface area contributed by atoms with E-state index in [1.165, 1.54) is 38.5 Å². The van der Waals surface area contributed by atoms with E-state index in [1.807, 2.05) is 0 Å². The van der Waals surface area contributed by atoms with Crippen molar-refractivity contribution in [3.63, 3.8) is 0 Å². The van der Waals surface area contributed by atoms with Crippen molar-refractivity contribution in [1.29, 1.82) is 0 Å². The molecule has 0 amide bonds. The molecule has 0 radical (unpaired) electrons. The van der Waals surface area contributed by atoms with Crippen LogP contribution in [0.4, 0.5) is 0 Å². The summed E-state index contributed by atoms with van der Waals surface area (Å²) in [5, 5.41) is 30.5. The number of carbonyl (C=O) groups is 1. The van der Waals surface area contributed by atoms with Gasteiger partial charge in [0.2, 0.25) is 0 Å². The first-order valence-corrected chi connectivity index (χ1v) is 9.31. The van der Waals surface area contributed by atoms with Crippen molar-refractivity contribution >= 4 is 12.3 Å². The standard InChI is InChI=1S/C15H30O4.C3H6N2.Na.H/c1-2-3-4-5-6-7-8-9-10-11-15(19,13-16)12-14(17)18;1-2-5-3-4-1;;/h16,19H,2-13H2,1H3,(H,17,18);3H,1-2H2,(H,4,5);;/q;;+1;-1. The van der Waals surface area contributed by atoms with Gasteiger partial charge in [0, 0.05) is 6.54 Å². The largest absolute Gasteiger partial charge is 1.00 e. The molecule has 0 aliphatic carbocycles. The van der Waals surface area contributed by atoms with Crippen LogP contribution in [0.3, 0.4) is 0 Å². The van der Waals surface area contributed by atoms with Crippen LogP contribution in [0.5, 0.6) is 0 Å². The maximum atomic E-state index is 10.6. The van der Waals surface area contributed by atoms with Crippen LogP contribution in [0, 0.1) is 0 Å². The fourth-order valence-electron chi connectivity index (χ4n) is 2.59. The predicted octanol–water partition coefficient (Wildman–Crippen LogP) is -0.160. The zero-order chi connectivity index (χ0) is 18.1. The normalized spacial score (nSPS) is 14.7. The van der Waals surface area contributed by atoms with Gasteiger partial charge in [0.25, 0.3) is 0 Å². The van der Waals surface area contributed by atoms with Crippen LogP contribution in [0.2, 0.25) is 0 Å². The van der Waals surface area contributed by atoms with E-state index in [1.54, 1.807) is 6.34 Å². The van der Waals surface area contributed by atoms with Crippen LogP contribution >= 0.6 is 0 Å². The Morgan fingerprint density at radius 2 is 1.72 bits per heavy atom. The third-order valence-corrected chi connectivity index (χ3v) is 4.09. The Balaban J connectivity index is -0.000000646. The van der Waals surface area contributed by atoms with Crippen molar-refractivity contribution < 1.29 is 51.1 Å². The van der Waals surface area contributed by atoms with Gasteiger partial charge in [-0.1, -0.05) is 64.7 Å². The van der Waals surface area contributed by atoms with Crippen molar-refractivity contribution in [3.05, 3.63) is 0 Å². The van der Waals surface area contributed by atoms with Gasteiger partial charge in [-0.2, -0.15) is 0 Å². The second-order valence-electron chi connectivity index (χ2n) is 6.52. The van der Waals surface area contributed by atoms with Crippen LogP contribution in [0.15, 0.2) is 4.99 Å². The summed E-state index contributed by atoms with van der Waals surface area (Å²) in [6.45, 7) is 3.72. The number of aliphatic hydroxyl groups is 2. The van der Waals surface area contributed by atoms with Crippen molar-refractivity contribution in [2.75, 3.05) is 19.7 Å². The van der Waals surface area contributed by atoms with Gasteiger partial charge in [-0.3, -0.25) is 9.79 Å². The Morgan fingerprint density at radius 1 is 1.16 bits per heavy atom. The third-order valence-electron chi connectivity index (χ3n) is 4.09. The van der Waals surface area contributed by atoms with E-state index in [-0.39, 0.29) is 37.4 Å². The fourth-order valence-corrected chi connectivity index (χ4v) is 2.59. The van der Waals surface area contributed by atoms with E-state index >= 15 is 0 Å². The smallest absolute Gasteiger partial charge is 1.00 e. The zero-order valence-corrected chi connectivity index (χ0v) is 18.2. The molecular formula is C18H37N2NaO4. The molecule has 1 aliphatic heterocycles. The van der Waals surface area contributed by atoms with Crippen LogP contribution in [0.25, 0.3) is 0 Å². The molecule has 25 heavy (non-hydrogen) atoms. The van der Waals surface area contributed by atoms with Crippen LogP contribution in [-0.4, -0.2) is 52.9 Å². The molecule has 6 nitrogen and oxygen atoms in total. The minimum absolute atomic E-state index is 0. The fraction of sp³-hybridized carbons (Fsp3) is 0.889. The molecule has 1 heterocycles. The second kappa shape index (κ2) is 18.6. The number of aliphatic imine (C=N–C) groups is 1. The van der Waals surface area contributed by atoms with Crippen molar-refractivity contribution in [2.24, 2.45) is 4.99 Å². The Kier molecular flexibility index (Phi) is 20.2. The summed E-state index contributed by atoms with van der Waals surface area (Å²) in [5.74, 6) is -1.06. The SMILES string of the molecule is C1=NCCN1.CCCCCCCCCCCC(O)(CO)CC(=O)O.[H-].[Na+]. The van der Waals surface area contributed by atoms with Crippen LogP contribution < -0.4 is 34.9 Å². The molecular weight excluding hydrogens is 331 g/mol. The quantitative estimate of drug-likeness (QED) is 0.267. The Bertz CT molecular complexity index is 343. The Labute approximate surface area is 176 Å². The average molecular weight is 368 g/mol. The maximum Gasteiger partial charge on any atom is 1.00 e. The average Bonchev–Trinajstić information content (AvgIpc) is 3.12. The Hall–Kier alpha value is -0.140. The van der Waals surface area contributed by atoms with E-state index in [0.717, 1.165) is 32.4 Å². The number of hydrogen-bond donors (Lipinski definition) is 4. The second-order valence-corrected chi connectivity index (χ2v) is 6.52. The van der Waals surface area contributed by atoms with E-state index in [0.29, 0.717) is 6.42 Å². The molecule has 4 N–H and O–H groups in total. The van der Waals surface area contributed by atoms with Gasteiger partial charge in [-0.05, 0) is 6.42 Å². The van der Waals surface area contributed by atoms with Gasteiger partial charge in [0.05, 0.1) is 31.5 Å². The Morgan fingerprint density at radius 3 is 2.08 bits per heavy atom. The molecule has 0 saturated carbocycles. The minimum Gasteiger partial charge on any atom is -1.00 e. The first kappa shape index (κ1) is 27.1. The van der Waals surface area contributed by atoms with Gasteiger partial charge in [-0.15, -0.1) is 0 Å². The minimum atomic E-state index is -1.44. The first-order valence-electron chi connectivity index (χ1n) is 9.31. The molecule has 0 aromatic rings. The maximum absolute atomic E-state index is 10.6. The molecule has 1 unspecified atom stereocenters. The van der Waals surface area contributed by atoms with Crippen molar-refractivity contribution in [2.45, 2.75) is 83.2 Å². The van der Waals surface area contributed by atoms with Gasteiger partial charge < -0.3 is 22.1 Å². The summed E-state index contributed by atoms with van der Waals surface area (Å²) in [6, 6.07) is 0. The number of nitrogens with one attached hydrogen (secondary N) is 1. The van der Waals surface area contributed by atoms with Crippen molar-refractivity contribution in [1.82, 2.24) is 5.32 Å². The number of carboxylic acids is 1. The summed E-state index contributed by atoms with van der Waals surface area (Å²) in [4.78, 5) is 14.4. The van der Waals surface area contributed by atoms with Gasteiger partial charge in [-0.25, -0.2) is 0 Å². The number of nitrogens with zero attached hydrogens (tertiary/aromatic N) is 1. The van der Waals surface area contributed by atoms with Crippen LogP contribution in [-0.2, 0) is 4.79 Å². The molecule has 0 aromatic heterocycles. The molecule has 7 heteroatoms. The van der Waals surface area contributed by atoms with Crippen molar-refractivity contribution in [3.8, 4) is 0 Å². The molecule has 0 bridgehead atoms. The van der Waals surface area contributed by atoms with E-state index in [2.05, 4.69) is 17.2 Å². The summed E-state index contributed by atoms with van der Waals surface area (Å²) in [5.41, 5.74) is -1.44. The van der Waals surface area contributed by atoms with E-state index in [9.17, 15) is 9.90 Å². The van der Waals surface area contributed by atoms with Gasteiger partial charge in [0.15, 0.2) is 0 Å². The summed E-state index contributed by atoms with van der Waals surface area (Å²) < 4.78 is 0. The third kappa shape index (κ3) is 18.4. The molecule has 1 aliphatic rings. The van der Waals surface area contributed by atoms with Gasteiger partial charge in [0.1, 0.15) is 0 Å². The number of aliphatic hydroxyl groups excluding tert-OH is 1. The summed E-state index contributed by atoms with van der Waals surface area (Å²) >= 11 is 0. The summed E-state index contributed by atoms with van der Waals surface area (Å²) in [7, 11) is 0. The number of aliphatic carboxylic acids is 1. The van der Waals surface area contributed by atoms with E-state index < -0.39 is 18.2 Å². The monoisotopic (exact) mass is 368 g/mol. The molecule has 144 valence electrons. The van der Waals surface area contributed by atoms with Crippen LogP contribution in [0.1, 0.15) is 79.0 Å². The first-order chi connectivity index (χ1) is 11.5. The predicted molar refractivity (Wildman–Crippen MR) is 98.6 cm³/mol. The number of unbranched alkanes of at least 4 members (excludes halogenated alkanes) is 8. The molecule has 0 spiro atoms. The summed E-state index contributed by atoms with van der Waals surface area (Å²) in [6.07, 6.45) is 12.3. The number of rotatable bonds is 13. The van der Waals surface area contributed by atoms with Gasteiger partial charge >= 0.3 is 35.5 Å². The number of hydrogen-bond acceptors (Lipinski definition) is 5. The molecule has 0 fully saturated rings. The topological polar surface area (TPSA) is 102 Å². The molecule has 0 saturated heterocycles. The molecule has 1 atom stereocenters. The zero-order valence-electron chi connectivity index (χ0n) is 17.2. The number of carboxylic acid groups (broad SMARTS) is 1.